The van der Waals surface area contributed by atoms with Crippen LogP contribution in [0.1, 0.15) is 71.7 Å². The van der Waals surface area contributed by atoms with Crippen LogP contribution < -0.4 is 24.8 Å². The summed E-state index contributed by atoms with van der Waals surface area (Å²) in [4.78, 5) is 0. The molecule has 0 radical (unpaired) electrons. The second kappa shape index (κ2) is 17.8. The Labute approximate surface area is 317 Å². The van der Waals surface area contributed by atoms with Gasteiger partial charge in [-0.2, -0.15) is 35.4 Å². The molecule has 0 bridgehead atoms. The van der Waals surface area contributed by atoms with Crippen LogP contribution in [0.2, 0.25) is 0 Å². The van der Waals surface area contributed by atoms with Crippen molar-refractivity contribution in [2.24, 2.45) is 5.41 Å². The third-order valence-corrected chi connectivity index (χ3v) is 9.30. The summed E-state index contributed by atoms with van der Waals surface area (Å²) < 4.78 is 75.6. The summed E-state index contributed by atoms with van der Waals surface area (Å²) in [6.45, 7) is 14.3. The van der Waals surface area contributed by atoms with Crippen molar-refractivity contribution < 1.29 is 75.4 Å². The molecule has 0 saturated carbocycles. The van der Waals surface area contributed by atoms with Gasteiger partial charge in [-0.25, -0.2) is 6.08 Å². The van der Waals surface area contributed by atoms with Crippen molar-refractivity contribution in [1.29, 1.82) is 0 Å². The molecule has 0 aromatic heterocycles. The van der Waals surface area contributed by atoms with Crippen molar-refractivity contribution in [3.8, 4) is 11.1 Å². The minimum absolute atomic E-state index is 0. The van der Waals surface area contributed by atoms with Gasteiger partial charge in [0.05, 0.1) is 0 Å². The molecule has 0 aliphatic heterocycles. The summed E-state index contributed by atoms with van der Waals surface area (Å²) in [5, 5.41) is 0. The molecule has 6 rings (SSSR count). The van der Waals surface area contributed by atoms with Crippen molar-refractivity contribution in [3.63, 3.8) is 0 Å². The molecule has 2 aliphatic carbocycles. The largest absolute Gasteiger partial charge is 1.00 e. The van der Waals surface area contributed by atoms with Gasteiger partial charge in [0.15, 0.2) is 0 Å². The fourth-order valence-corrected chi connectivity index (χ4v) is 5.92. The van der Waals surface area contributed by atoms with Crippen LogP contribution in [-0.2, 0) is 43.0 Å². The Bertz CT molecular complexity index is 1740. The standard InChI is InChI=1S/C17H13.C15H8F6.C9H13.2ClH.Zr/c1-3-12-5-7-14-11-15-8-6-13(4-2)10-17(15)16(14)9-12;16-14(17,18)12-5-1-10(2-6-12)9-11-3-7-13(8-4-11)15(19,20)21;1-9(2,3)8-6-4-5-7-8;;;/h3-7,9-10H,1-2,11H2;1-8H;6-7H,4H2,1-3H3;2*1H;/q-1;;-1;;;+2/p-2. The van der Waals surface area contributed by atoms with E-state index in [2.05, 4.69) is 82.5 Å². The monoisotopic (exact) mass is 800 g/mol. The van der Waals surface area contributed by atoms with Crippen molar-refractivity contribution in [3.05, 3.63) is 166 Å². The topological polar surface area (TPSA) is 0 Å². The SMILES string of the molecule is C=Cc1c[c-]c2c(c1)-c1cc(C=C)ccc1C2.CC(C)(C)C1=CC[C-]=C1.FC(F)(F)c1ccc([C](=[Zr+2])c2ccc(C(F)(F)F)cc2)cc1.[Cl-].[Cl-]. The van der Waals surface area contributed by atoms with E-state index in [1.807, 2.05) is 18.2 Å². The molecule has 0 atom stereocenters. The summed E-state index contributed by atoms with van der Waals surface area (Å²) in [5.41, 5.74) is 8.91. The van der Waals surface area contributed by atoms with E-state index < -0.39 is 23.5 Å². The molecule has 9 heteroatoms. The van der Waals surface area contributed by atoms with Gasteiger partial charge in [0.2, 0.25) is 0 Å². The first-order valence-corrected chi connectivity index (χ1v) is 16.4. The molecule has 260 valence electrons. The zero-order valence-electron chi connectivity index (χ0n) is 27.7. The van der Waals surface area contributed by atoms with Gasteiger partial charge < -0.3 is 24.8 Å². The van der Waals surface area contributed by atoms with Crippen LogP contribution >= 0.6 is 0 Å². The zero-order valence-corrected chi connectivity index (χ0v) is 31.6. The number of fused-ring (bicyclic) bond motifs is 3. The molecule has 0 nitrogen and oxygen atoms in total. The van der Waals surface area contributed by atoms with E-state index in [1.165, 1.54) is 57.7 Å². The number of alkyl halides is 6. The Balaban J connectivity index is 0.000000275. The number of benzene rings is 4. The number of halogens is 8. The molecule has 0 heterocycles. The minimum Gasteiger partial charge on any atom is -1.00 e. The van der Waals surface area contributed by atoms with Gasteiger partial charge in [-0.05, 0) is 12.0 Å². The maximum Gasteiger partial charge on any atom is -1.00 e. The van der Waals surface area contributed by atoms with Crippen LogP contribution in [0.25, 0.3) is 23.3 Å². The first kappa shape index (κ1) is 42.9. The first-order chi connectivity index (χ1) is 22.5. The van der Waals surface area contributed by atoms with Crippen molar-refractivity contribution in [2.75, 3.05) is 0 Å². The van der Waals surface area contributed by atoms with Crippen LogP contribution in [0.5, 0.6) is 0 Å². The molecule has 0 spiro atoms. The second-order valence-corrected chi connectivity index (χ2v) is 13.5. The van der Waals surface area contributed by atoms with Gasteiger partial charge in [0.25, 0.3) is 0 Å². The van der Waals surface area contributed by atoms with Gasteiger partial charge in [-0.1, -0.05) is 68.2 Å². The summed E-state index contributed by atoms with van der Waals surface area (Å²) >= 11 is 0.898. The zero-order chi connectivity index (χ0) is 35.3. The van der Waals surface area contributed by atoms with E-state index in [0.717, 1.165) is 66.9 Å². The Morgan fingerprint density at radius 3 is 1.62 bits per heavy atom. The third-order valence-electron chi connectivity index (χ3n) is 7.88. The molecule has 50 heavy (non-hydrogen) atoms. The van der Waals surface area contributed by atoms with Gasteiger partial charge in [-0.15, -0.1) is 30.2 Å². The first-order valence-electron chi connectivity index (χ1n) is 15.1. The normalized spacial score (nSPS) is 12.7. The average Bonchev–Trinajstić information content (AvgIpc) is 3.73. The van der Waals surface area contributed by atoms with Crippen molar-refractivity contribution in [1.82, 2.24) is 0 Å². The molecule has 4 aromatic carbocycles. The molecule has 0 N–H and O–H groups in total. The summed E-state index contributed by atoms with van der Waals surface area (Å²) in [7, 11) is 0. The maximum atomic E-state index is 12.5. The van der Waals surface area contributed by atoms with Crippen LogP contribution in [0.15, 0.2) is 110 Å². The Hall–Kier alpha value is -3.25. The van der Waals surface area contributed by atoms with Gasteiger partial charge in [-0.3, -0.25) is 6.08 Å². The molecule has 4 aromatic rings. The number of rotatable bonds is 4. The molecule has 0 amide bonds. The Morgan fingerprint density at radius 2 is 1.22 bits per heavy atom. The fourth-order valence-electron chi connectivity index (χ4n) is 5.10. The molecule has 0 saturated heterocycles. The van der Waals surface area contributed by atoms with Gasteiger partial charge >= 0.3 is 137 Å². The summed E-state index contributed by atoms with van der Waals surface area (Å²) in [6, 6.07) is 23.2. The second-order valence-electron chi connectivity index (χ2n) is 12.3. The number of allylic oxidation sites excluding steroid dienone is 4. The van der Waals surface area contributed by atoms with Crippen LogP contribution in [0, 0.1) is 17.6 Å². The van der Waals surface area contributed by atoms with Crippen LogP contribution in [0.3, 0.4) is 0 Å². The van der Waals surface area contributed by atoms with E-state index in [-0.39, 0.29) is 24.8 Å². The molecular formula is C41H34Cl2F6Zr-2. The maximum absolute atomic E-state index is 12.5. The van der Waals surface area contributed by atoms with E-state index in [0.29, 0.717) is 19.7 Å². The predicted molar refractivity (Wildman–Crippen MR) is 180 cm³/mol. The van der Waals surface area contributed by atoms with E-state index in [9.17, 15) is 26.3 Å². The quantitative estimate of drug-likeness (QED) is 0.157. The fraction of sp³-hybridized carbons (Fsp3) is 0.195. The summed E-state index contributed by atoms with van der Waals surface area (Å²) in [6.07, 6.45) is 4.43. The number of hydrogen-bond acceptors (Lipinski definition) is 0. The molecular weight excluding hydrogens is 769 g/mol. The van der Waals surface area contributed by atoms with E-state index in [4.69, 9.17) is 0 Å². The third kappa shape index (κ3) is 11.1. The molecule has 0 fully saturated rings. The van der Waals surface area contributed by atoms with Gasteiger partial charge in [0.1, 0.15) is 0 Å². The van der Waals surface area contributed by atoms with Crippen molar-refractivity contribution >= 4 is 15.4 Å². The molecule has 2 aliphatic rings. The van der Waals surface area contributed by atoms with Crippen molar-refractivity contribution in [2.45, 2.75) is 46.0 Å². The smallest absolute Gasteiger partial charge is 1.00 e. The van der Waals surface area contributed by atoms with E-state index in [1.54, 1.807) is 0 Å². The summed E-state index contributed by atoms with van der Waals surface area (Å²) in [5.74, 6) is 0. The Morgan fingerprint density at radius 1 is 0.720 bits per heavy atom. The predicted octanol–water partition coefficient (Wildman–Crippen LogP) is 5.91. The Kier molecular flexibility index (Phi) is 15.3. The van der Waals surface area contributed by atoms with E-state index >= 15 is 0 Å². The average molecular weight is 803 g/mol. The van der Waals surface area contributed by atoms with Crippen LogP contribution in [0.4, 0.5) is 26.3 Å². The molecule has 0 unspecified atom stereocenters. The number of hydrogen-bond donors (Lipinski definition) is 0. The van der Waals surface area contributed by atoms with Gasteiger partial charge in [0, 0.05) is 0 Å². The van der Waals surface area contributed by atoms with Crippen LogP contribution in [-0.4, -0.2) is 3.21 Å². The minimum atomic E-state index is -4.41.